The number of hydrogen-bond acceptors (Lipinski definition) is 3. The topological polar surface area (TPSA) is 89.3 Å². The molecule has 0 unspecified atom stereocenters. The molecule has 1 aliphatic rings. The molecular formula is C15H22N2O3S. The molecule has 3 N–H and O–H groups in total. The lowest BCUT2D eigenvalue weighted by molar-refractivity contribution is -0.125. The Morgan fingerprint density at radius 1 is 1.33 bits per heavy atom. The van der Waals surface area contributed by atoms with Crippen molar-refractivity contribution < 1.29 is 13.2 Å². The van der Waals surface area contributed by atoms with Gasteiger partial charge in [-0.2, -0.15) is 0 Å². The molecule has 21 heavy (non-hydrogen) atoms. The van der Waals surface area contributed by atoms with Crippen molar-refractivity contribution in [3.63, 3.8) is 0 Å². The lowest BCUT2D eigenvalue weighted by Crippen LogP contribution is -2.33. The second kappa shape index (κ2) is 5.77. The molecule has 1 amide bonds. The normalized spacial score (nSPS) is 17.7. The number of nitrogens with one attached hydrogen (secondary N) is 1. The highest BCUT2D eigenvalue weighted by Crippen LogP contribution is 2.42. The van der Waals surface area contributed by atoms with Crippen molar-refractivity contribution in [2.45, 2.75) is 50.8 Å². The summed E-state index contributed by atoms with van der Waals surface area (Å²) < 4.78 is 22.8. The Labute approximate surface area is 126 Å². The van der Waals surface area contributed by atoms with Crippen molar-refractivity contribution >= 4 is 21.6 Å². The molecule has 2 rings (SSSR count). The SMILES string of the molecule is CCC1(C(=O)Nc2cc(S(N)(=O)=O)ccc2C)CCCC1. The Bertz CT molecular complexity index is 647. The van der Waals surface area contributed by atoms with E-state index < -0.39 is 10.0 Å². The summed E-state index contributed by atoms with van der Waals surface area (Å²) in [5.74, 6) is -0.0165. The van der Waals surface area contributed by atoms with Gasteiger partial charge in [0.1, 0.15) is 0 Å². The zero-order chi connectivity index (χ0) is 15.7. The molecule has 6 heteroatoms. The number of carbonyl (C=O) groups is 1. The van der Waals surface area contributed by atoms with Gasteiger partial charge in [-0.25, -0.2) is 13.6 Å². The standard InChI is InChI=1S/C15H22N2O3S/c1-3-15(8-4-5-9-15)14(18)17-13-10-12(21(16,19)20)7-6-11(13)2/h6-7,10H,3-5,8-9H2,1-2H3,(H,17,18)(H2,16,19,20). The van der Waals surface area contributed by atoms with Gasteiger partial charge >= 0.3 is 0 Å². The highest BCUT2D eigenvalue weighted by atomic mass is 32.2. The number of benzene rings is 1. The second-order valence-corrected chi connectivity index (χ2v) is 7.38. The predicted molar refractivity (Wildman–Crippen MR) is 82.4 cm³/mol. The molecule has 1 saturated carbocycles. The molecule has 0 radical (unpaired) electrons. The van der Waals surface area contributed by atoms with Crippen LogP contribution in [-0.4, -0.2) is 14.3 Å². The Morgan fingerprint density at radius 2 is 1.95 bits per heavy atom. The van der Waals surface area contributed by atoms with Crippen LogP contribution in [0.1, 0.15) is 44.6 Å². The van der Waals surface area contributed by atoms with Crippen molar-refractivity contribution in [2.24, 2.45) is 10.6 Å². The largest absolute Gasteiger partial charge is 0.325 e. The molecule has 0 aliphatic heterocycles. The van der Waals surface area contributed by atoms with Gasteiger partial charge in [-0.05, 0) is 43.9 Å². The van der Waals surface area contributed by atoms with Crippen molar-refractivity contribution in [3.8, 4) is 0 Å². The third-order valence-corrected chi connectivity index (χ3v) is 5.42. The minimum absolute atomic E-state index is 0.0142. The van der Waals surface area contributed by atoms with Crippen LogP contribution in [0.3, 0.4) is 0 Å². The van der Waals surface area contributed by atoms with E-state index in [0.717, 1.165) is 37.7 Å². The van der Waals surface area contributed by atoms with E-state index in [9.17, 15) is 13.2 Å². The summed E-state index contributed by atoms with van der Waals surface area (Å²) in [6, 6.07) is 4.54. The molecule has 0 spiro atoms. The summed E-state index contributed by atoms with van der Waals surface area (Å²) in [7, 11) is -3.77. The number of aryl methyl sites for hydroxylation is 1. The molecule has 1 aromatic carbocycles. The molecule has 0 atom stereocenters. The second-order valence-electron chi connectivity index (χ2n) is 5.82. The number of nitrogens with two attached hydrogens (primary N) is 1. The Hall–Kier alpha value is -1.40. The fourth-order valence-corrected chi connectivity index (χ4v) is 3.50. The highest BCUT2D eigenvalue weighted by molar-refractivity contribution is 7.89. The van der Waals surface area contributed by atoms with Gasteiger partial charge in [0.25, 0.3) is 0 Å². The van der Waals surface area contributed by atoms with Crippen LogP contribution in [0.15, 0.2) is 23.1 Å². The van der Waals surface area contributed by atoms with Gasteiger partial charge in [0.05, 0.1) is 4.90 Å². The van der Waals surface area contributed by atoms with E-state index in [-0.39, 0.29) is 16.2 Å². The third kappa shape index (κ3) is 3.27. The lowest BCUT2D eigenvalue weighted by atomic mass is 9.82. The molecule has 0 saturated heterocycles. The van der Waals surface area contributed by atoms with Gasteiger partial charge in [-0.15, -0.1) is 0 Å². The number of amides is 1. The quantitative estimate of drug-likeness (QED) is 0.895. The first kappa shape index (κ1) is 16.0. The number of anilines is 1. The van der Waals surface area contributed by atoms with Gasteiger partial charge in [0, 0.05) is 11.1 Å². The Kier molecular flexibility index (Phi) is 4.39. The van der Waals surface area contributed by atoms with Crippen LogP contribution in [0.2, 0.25) is 0 Å². The summed E-state index contributed by atoms with van der Waals surface area (Å²) in [5, 5.41) is 8.04. The van der Waals surface area contributed by atoms with E-state index in [1.807, 2.05) is 13.8 Å². The van der Waals surface area contributed by atoms with E-state index in [1.165, 1.54) is 12.1 Å². The Balaban J connectivity index is 2.29. The van der Waals surface area contributed by atoms with Crippen LogP contribution in [0.5, 0.6) is 0 Å². The first-order chi connectivity index (χ1) is 9.78. The maximum absolute atomic E-state index is 12.6. The maximum Gasteiger partial charge on any atom is 0.238 e. The molecule has 1 aliphatic carbocycles. The molecular weight excluding hydrogens is 288 g/mol. The molecule has 1 aromatic rings. The van der Waals surface area contributed by atoms with Crippen molar-refractivity contribution in [1.82, 2.24) is 0 Å². The number of carbonyl (C=O) groups excluding carboxylic acids is 1. The minimum Gasteiger partial charge on any atom is -0.325 e. The van der Waals surface area contributed by atoms with E-state index >= 15 is 0 Å². The van der Waals surface area contributed by atoms with E-state index in [1.54, 1.807) is 6.07 Å². The maximum atomic E-state index is 12.6. The number of sulfonamides is 1. The van der Waals surface area contributed by atoms with Crippen LogP contribution >= 0.6 is 0 Å². The minimum atomic E-state index is -3.77. The van der Waals surface area contributed by atoms with E-state index in [2.05, 4.69) is 5.32 Å². The van der Waals surface area contributed by atoms with Gasteiger partial charge in [-0.1, -0.05) is 25.8 Å². The summed E-state index contributed by atoms with van der Waals surface area (Å²) >= 11 is 0. The number of hydrogen-bond donors (Lipinski definition) is 2. The van der Waals surface area contributed by atoms with Gasteiger partial charge in [0.2, 0.25) is 15.9 Å². The van der Waals surface area contributed by atoms with Crippen molar-refractivity contribution in [2.75, 3.05) is 5.32 Å². The first-order valence-corrected chi connectivity index (χ1v) is 8.78. The van der Waals surface area contributed by atoms with Crippen molar-refractivity contribution in [1.29, 1.82) is 0 Å². The third-order valence-electron chi connectivity index (χ3n) is 4.50. The van der Waals surface area contributed by atoms with E-state index in [0.29, 0.717) is 5.69 Å². The summed E-state index contributed by atoms with van der Waals surface area (Å²) in [5.41, 5.74) is 1.02. The van der Waals surface area contributed by atoms with Crippen LogP contribution < -0.4 is 10.5 Å². The van der Waals surface area contributed by atoms with Crippen LogP contribution in [0.25, 0.3) is 0 Å². The Morgan fingerprint density at radius 3 is 2.48 bits per heavy atom. The van der Waals surface area contributed by atoms with Crippen LogP contribution in [0, 0.1) is 12.3 Å². The monoisotopic (exact) mass is 310 g/mol. The molecule has 0 bridgehead atoms. The summed E-state index contributed by atoms with van der Waals surface area (Å²) in [4.78, 5) is 12.6. The lowest BCUT2D eigenvalue weighted by Gasteiger charge is -2.26. The number of primary sulfonamides is 1. The average molecular weight is 310 g/mol. The van der Waals surface area contributed by atoms with Crippen LogP contribution in [0.4, 0.5) is 5.69 Å². The van der Waals surface area contributed by atoms with Crippen molar-refractivity contribution in [3.05, 3.63) is 23.8 Å². The smallest absolute Gasteiger partial charge is 0.238 e. The molecule has 0 aromatic heterocycles. The van der Waals surface area contributed by atoms with Gasteiger partial charge < -0.3 is 5.32 Å². The fraction of sp³-hybridized carbons (Fsp3) is 0.533. The highest BCUT2D eigenvalue weighted by Gasteiger charge is 2.39. The van der Waals surface area contributed by atoms with Gasteiger partial charge in [-0.3, -0.25) is 4.79 Å². The van der Waals surface area contributed by atoms with E-state index in [4.69, 9.17) is 5.14 Å². The fourth-order valence-electron chi connectivity index (χ4n) is 2.96. The summed E-state index contributed by atoms with van der Waals surface area (Å²) in [6.45, 7) is 3.86. The first-order valence-electron chi connectivity index (χ1n) is 7.23. The predicted octanol–water partition coefficient (Wildman–Crippen LogP) is 2.55. The zero-order valence-electron chi connectivity index (χ0n) is 12.5. The molecule has 116 valence electrons. The zero-order valence-corrected chi connectivity index (χ0v) is 13.3. The average Bonchev–Trinajstić information content (AvgIpc) is 2.90. The molecule has 1 fully saturated rings. The summed E-state index contributed by atoms with van der Waals surface area (Å²) in [6.07, 6.45) is 4.72. The number of rotatable bonds is 4. The van der Waals surface area contributed by atoms with Gasteiger partial charge in [0.15, 0.2) is 0 Å². The molecule has 5 nitrogen and oxygen atoms in total. The van der Waals surface area contributed by atoms with Crippen LogP contribution in [-0.2, 0) is 14.8 Å². The molecule has 0 heterocycles.